The molecule has 15 heavy (non-hydrogen) atoms. The highest BCUT2D eigenvalue weighted by atomic mass is 32.2. The molecule has 0 atom stereocenters. The van der Waals surface area contributed by atoms with Gasteiger partial charge in [0.2, 0.25) is 0 Å². The molecule has 0 unspecified atom stereocenters. The lowest BCUT2D eigenvalue weighted by Crippen LogP contribution is -2.33. The first-order valence-electron chi connectivity index (χ1n) is 4.87. The van der Waals surface area contributed by atoms with Gasteiger partial charge in [0, 0.05) is 23.8 Å². The van der Waals surface area contributed by atoms with Crippen LogP contribution in [0.1, 0.15) is 18.4 Å². The van der Waals surface area contributed by atoms with Crippen molar-refractivity contribution in [2.45, 2.75) is 26.3 Å². The first kappa shape index (κ1) is 12.1. The molecule has 1 rings (SSSR count). The van der Waals surface area contributed by atoms with E-state index in [2.05, 4.69) is 0 Å². The van der Waals surface area contributed by atoms with Gasteiger partial charge in [0.25, 0.3) is 0 Å². The first-order chi connectivity index (χ1) is 6.97. The van der Waals surface area contributed by atoms with Gasteiger partial charge in [-0.3, -0.25) is 0 Å². The highest BCUT2D eigenvalue weighted by molar-refractivity contribution is 7.85. The second-order valence-electron chi connectivity index (χ2n) is 3.59. The van der Waals surface area contributed by atoms with Crippen LogP contribution in [0, 0.1) is 6.92 Å². The minimum atomic E-state index is -4.05. The van der Waals surface area contributed by atoms with Gasteiger partial charge in [0.05, 0.1) is 10.1 Å². The van der Waals surface area contributed by atoms with Gasteiger partial charge >= 0.3 is 0 Å². The van der Waals surface area contributed by atoms with E-state index < -0.39 is 10.1 Å². The smallest absolute Gasteiger partial charge is 0.171 e. The van der Waals surface area contributed by atoms with Crippen molar-refractivity contribution >= 4 is 10.1 Å². The Bertz CT molecular complexity index is 414. The Morgan fingerprint density at radius 2 is 2.13 bits per heavy atom. The van der Waals surface area contributed by atoms with Crippen LogP contribution in [0.3, 0.4) is 0 Å². The Morgan fingerprint density at radius 3 is 2.73 bits per heavy atom. The molecule has 4 nitrogen and oxygen atoms in total. The second-order valence-corrected chi connectivity index (χ2v) is 5.11. The van der Waals surface area contributed by atoms with Crippen LogP contribution in [-0.2, 0) is 16.7 Å². The summed E-state index contributed by atoms with van der Waals surface area (Å²) in [5.74, 6) is -0.265. The predicted octanol–water partition coefficient (Wildman–Crippen LogP) is 0.608. The van der Waals surface area contributed by atoms with E-state index in [-0.39, 0.29) is 5.75 Å². The zero-order chi connectivity index (χ0) is 11.3. The monoisotopic (exact) mass is 229 g/mol. The topological polar surface area (TPSA) is 61.1 Å². The zero-order valence-electron chi connectivity index (χ0n) is 8.72. The molecule has 1 heterocycles. The van der Waals surface area contributed by atoms with Gasteiger partial charge in [-0.05, 0) is 19.4 Å². The third-order valence-electron chi connectivity index (χ3n) is 2.07. The Kier molecular flexibility index (Phi) is 4.23. The number of rotatable bonds is 5. The average molecular weight is 229 g/mol. The first-order valence-corrected chi connectivity index (χ1v) is 6.44. The molecular weight excluding hydrogens is 214 g/mol. The lowest BCUT2D eigenvalue weighted by Gasteiger charge is -2.04. The zero-order valence-corrected chi connectivity index (χ0v) is 9.53. The van der Waals surface area contributed by atoms with Crippen LogP contribution in [0.2, 0.25) is 0 Å². The molecule has 0 spiro atoms. The second kappa shape index (κ2) is 5.23. The van der Waals surface area contributed by atoms with Crippen molar-refractivity contribution in [2.75, 3.05) is 5.75 Å². The molecule has 84 valence electrons. The lowest BCUT2D eigenvalue weighted by atomic mass is 10.3. The normalized spacial score (nSPS) is 11.6. The van der Waals surface area contributed by atoms with E-state index in [0.29, 0.717) is 12.8 Å². The van der Waals surface area contributed by atoms with E-state index in [1.807, 2.05) is 36.0 Å². The summed E-state index contributed by atoms with van der Waals surface area (Å²) in [7, 11) is -4.05. The fourth-order valence-electron chi connectivity index (χ4n) is 1.37. The van der Waals surface area contributed by atoms with Crippen molar-refractivity contribution in [3.05, 3.63) is 30.1 Å². The van der Waals surface area contributed by atoms with Crippen molar-refractivity contribution < 1.29 is 17.5 Å². The van der Waals surface area contributed by atoms with Crippen LogP contribution in [0.25, 0.3) is 0 Å². The van der Waals surface area contributed by atoms with Gasteiger partial charge in [0.1, 0.15) is 6.54 Å². The van der Waals surface area contributed by atoms with Gasteiger partial charge in [-0.1, -0.05) is 0 Å². The molecule has 1 aromatic heterocycles. The van der Waals surface area contributed by atoms with Crippen molar-refractivity contribution in [1.29, 1.82) is 0 Å². The maximum absolute atomic E-state index is 10.3. The number of unbranched alkanes of at least 4 members (excludes halogenated alkanes) is 1. The molecule has 0 radical (unpaired) electrons. The summed E-state index contributed by atoms with van der Waals surface area (Å²) in [6.45, 7) is 2.75. The summed E-state index contributed by atoms with van der Waals surface area (Å²) >= 11 is 0. The Morgan fingerprint density at radius 1 is 1.40 bits per heavy atom. The Hall–Kier alpha value is -0.940. The molecule has 0 aliphatic rings. The Labute approximate surface area is 90.3 Å². The third-order valence-corrected chi connectivity index (χ3v) is 2.86. The molecule has 0 fully saturated rings. The number of nitrogens with zero attached hydrogens (tertiary/aromatic N) is 1. The largest absolute Gasteiger partial charge is 0.748 e. The van der Waals surface area contributed by atoms with Gasteiger partial charge in [-0.25, -0.2) is 13.0 Å². The number of aryl methyl sites for hydroxylation is 2. The number of aromatic nitrogens is 1. The minimum absolute atomic E-state index is 0.265. The fourth-order valence-corrected chi connectivity index (χ4v) is 1.92. The SMILES string of the molecule is Cc1ccc[n+](CCCCS(=O)(=O)[O-])c1. The highest BCUT2D eigenvalue weighted by Crippen LogP contribution is 1.95. The summed E-state index contributed by atoms with van der Waals surface area (Å²) in [6, 6.07) is 3.94. The summed E-state index contributed by atoms with van der Waals surface area (Å²) < 4.78 is 33.0. The van der Waals surface area contributed by atoms with E-state index in [0.717, 1.165) is 12.1 Å². The molecule has 0 amide bonds. The maximum Gasteiger partial charge on any atom is 0.171 e. The standard InChI is InChI=1S/C10H15NO3S/c1-10-5-4-7-11(9-10)6-2-3-8-15(12,13)14/h4-5,7,9H,2-3,6,8H2,1H3. The molecular formula is C10H15NO3S. The van der Waals surface area contributed by atoms with E-state index in [1.54, 1.807) is 0 Å². The van der Waals surface area contributed by atoms with E-state index in [9.17, 15) is 13.0 Å². The number of hydrogen-bond acceptors (Lipinski definition) is 3. The highest BCUT2D eigenvalue weighted by Gasteiger charge is 2.01. The van der Waals surface area contributed by atoms with Crippen LogP contribution >= 0.6 is 0 Å². The predicted molar refractivity (Wildman–Crippen MR) is 55.2 cm³/mol. The third kappa shape index (κ3) is 5.49. The van der Waals surface area contributed by atoms with Crippen molar-refractivity contribution in [3.8, 4) is 0 Å². The van der Waals surface area contributed by atoms with Crippen LogP contribution in [-0.4, -0.2) is 18.7 Å². The van der Waals surface area contributed by atoms with Crippen LogP contribution in [0.4, 0.5) is 0 Å². The van der Waals surface area contributed by atoms with E-state index in [4.69, 9.17) is 0 Å². The van der Waals surface area contributed by atoms with E-state index >= 15 is 0 Å². The summed E-state index contributed by atoms with van der Waals surface area (Å²) in [5.41, 5.74) is 1.16. The molecule has 1 aromatic rings. The number of pyridine rings is 1. The van der Waals surface area contributed by atoms with Crippen LogP contribution < -0.4 is 4.57 Å². The summed E-state index contributed by atoms with van der Waals surface area (Å²) in [6.07, 6.45) is 5.05. The minimum Gasteiger partial charge on any atom is -0.748 e. The van der Waals surface area contributed by atoms with Gasteiger partial charge in [0.15, 0.2) is 12.4 Å². The molecule has 0 aromatic carbocycles. The maximum atomic E-state index is 10.3. The van der Waals surface area contributed by atoms with Crippen LogP contribution in [0.5, 0.6) is 0 Å². The molecule has 5 heteroatoms. The Balaban J connectivity index is 2.32. The van der Waals surface area contributed by atoms with Gasteiger partial charge in [-0.2, -0.15) is 0 Å². The van der Waals surface area contributed by atoms with Crippen molar-refractivity contribution in [1.82, 2.24) is 0 Å². The molecule has 0 aliphatic carbocycles. The summed E-state index contributed by atoms with van der Waals surface area (Å²) in [4.78, 5) is 0. The van der Waals surface area contributed by atoms with Crippen LogP contribution in [0.15, 0.2) is 24.5 Å². The molecule has 0 saturated heterocycles. The fraction of sp³-hybridized carbons (Fsp3) is 0.500. The van der Waals surface area contributed by atoms with Gasteiger partial charge < -0.3 is 4.55 Å². The molecule has 0 N–H and O–H groups in total. The quantitative estimate of drug-likeness (QED) is 0.422. The molecule has 0 bridgehead atoms. The van der Waals surface area contributed by atoms with Gasteiger partial charge in [-0.15, -0.1) is 0 Å². The van der Waals surface area contributed by atoms with Crippen molar-refractivity contribution in [3.63, 3.8) is 0 Å². The number of hydrogen-bond donors (Lipinski definition) is 0. The van der Waals surface area contributed by atoms with Crippen molar-refractivity contribution in [2.24, 2.45) is 0 Å². The van der Waals surface area contributed by atoms with E-state index in [1.165, 1.54) is 0 Å². The lowest BCUT2D eigenvalue weighted by molar-refractivity contribution is -0.697. The average Bonchev–Trinajstić information content (AvgIpc) is 2.11. The molecule has 0 aliphatic heterocycles. The summed E-state index contributed by atoms with van der Waals surface area (Å²) in [5, 5.41) is 0. The molecule has 0 saturated carbocycles.